The quantitative estimate of drug-likeness (QED) is 0.685. The van der Waals surface area contributed by atoms with Gasteiger partial charge in [0.25, 0.3) is 0 Å². The highest BCUT2D eigenvalue weighted by molar-refractivity contribution is 7.80. The number of aromatic nitrogens is 2. The largest absolute Gasteiger partial charge is 0.378 e. The maximum atomic E-state index is 5.40. The van der Waals surface area contributed by atoms with E-state index in [-0.39, 0.29) is 0 Å². The minimum Gasteiger partial charge on any atom is -0.378 e. The smallest absolute Gasteiger partial charge is 0.175 e. The van der Waals surface area contributed by atoms with E-state index in [4.69, 9.17) is 17.0 Å². The average molecular weight is 371 g/mol. The van der Waals surface area contributed by atoms with Gasteiger partial charge in [0.15, 0.2) is 5.11 Å². The normalized spacial score (nSPS) is 14.5. The molecule has 3 aromatic rings. The van der Waals surface area contributed by atoms with Gasteiger partial charge in [-0.3, -0.25) is 0 Å². The molecule has 1 saturated heterocycles. The number of nitrogens with zero attached hydrogens (tertiary/aromatic N) is 3. The lowest BCUT2D eigenvalue weighted by molar-refractivity contribution is 0.122. The van der Waals surface area contributed by atoms with Crippen molar-refractivity contribution in [3.05, 3.63) is 42.5 Å². The van der Waals surface area contributed by atoms with Gasteiger partial charge < -0.3 is 20.3 Å². The summed E-state index contributed by atoms with van der Waals surface area (Å²) >= 11 is 6.60. The van der Waals surface area contributed by atoms with Crippen molar-refractivity contribution in [2.45, 2.75) is 0 Å². The van der Waals surface area contributed by atoms with Crippen molar-refractivity contribution in [3.63, 3.8) is 0 Å². The average Bonchev–Trinajstić information content (AvgIpc) is 3.11. The zero-order valence-electron chi connectivity index (χ0n) is 13.4. The third kappa shape index (κ3) is 3.87. The molecule has 2 aromatic carbocycles. The van der Waals surface area contributed by atoms with Gasteiger partial charge in [0.2, 0.25) is 0 Å². The van der Waals surface area contributed by atoms with Crippen LogP contribution in [0.3, 0.4) is 0 Å². The van der Waals surface area contributed by atoms with E-state index in [1.54, 1.807) is 0 Å². The summed E-state index contributed by atoms with van der Waals surface area (Å²) in [6, 6.07) is 14.1. The van der Waals surface area contributed by atoms with Gasteiger partial charge in [-0.15, -0.1) is 0 Å². The van der Waals surface area contributed by atoms with Crippen molar-refractivity contribution in [2.75, 3.05) is 41.8 Å². The van der Waals surface area contributed by atoms with E-state index in [9.17, 15) is 0 Å². The molecular formula is C17H17N5OS2. The van der Waals surface area contributed by atoms with Crippen LogP contribution in [0.4, 0.5) is 17.1 Å². The van der Waals surface area contributed by atoms with Crippen molar-refractivity contribution in [2.24, 2.45) is 0 Å². The zero-order valence-corrected chi connectivity index (χ0v) is 15.1. The van der Waals surface area contributed by atoms with Crippen molar-refractivity contribution in [1.29, 1.82) is 0 Å². The predicted molar refractivity (Wildman–Crippen MR) is 107 cm³/mol. The number of hydrogen-bond acceptors (Lipinski definition) is 6. The topological polar surface area (TPSA) is 62.3 Å². The van der Waals surface area contributed by atoms with E-state index < -0.39 is 0 Å². The molecule has 0 atom stereocenters. The molecule has 0 spiro atoms. The van der Waals surface area contributed by atoms with Gasteiger partial charge in [-0.05, 0) is 54.7 Å². The Hall–Kier alpha value is -2.29. The van der Waals surface area contributed by atoms with Crippen LogP contribution in [0.5, 0.6) is 0 Å². The lowest BCUT2D eigenvalue weighted by atomic mass is 10.2. The van der Waals surface area contributed by atoms with E-state index in [1.165, 1.54) is 17.4 Å². The molecule has 0 unspecified atom stereocenters. The molecule has 0 radical (unpaired) electrons. The Labute approximate surface area is 155 Å². The van der Waals surface area contributed by atoms with Crippen molar-refractivity contribution >= 4 is 57.2 Å². The maximum absolute atomic E-state index is 5.40. The van der Waals surface area contributed by atoms with E-state index in [1.807, 2.05) is 30.3 Å². The number of anilines is 3. The molecule has 2 heterocycles. The molecule has 1 aliphatic heterocycles. The number of benzene rings is 2. The summed E-state index contributed by atoms with van der Waals surface area (Å²) in [5, 5.41) is 6.93. The first kappa shape index (κ1) is 16.2. The molecule has 2 N–H and O–H groups in total. The molecule has 0 bridgehead atoms. The van der Waals surface area contributed by atoms with Gasteiger partial charge in [-0.1, -0.05) is 0 Å². The molecule has 0 amide bonds. The van der Waals surface area contributed by atoms with Gasteiger partial charge in [0.1, 0.15) is 11.0 Å². The van der Waals surface area contributed by atoms with Gasteiger partial charge in [0, 0.05) is 30.2 Å². The second kappa shape index (κ2) is 7.30. The number of ether oxygens (including phenoxy) is 1. The van der Waals surface area contributed by atoms with Gasteiger partial charge in [-0.2, -0.15) is 8.75 Å². The Balaban J connectivity index is 1.38. The number of rotatable bonds is 3. The van der Waals surface area contributed by atoms with Gasteiger partial charge in [0.05, 0.1) is 24.9 Å². The number of nitrogens with one attached hydrogen (secondary N) is 2. The molecule has 0 aliphatic carbocycles. The Morgan fingerprint density at radius 3 is 2.44 bits per heavy atom. The van der Waals surface area contributed by atoms with Crippen LogP contribution < -0.4 is 15.5 Å². The van der Waals surface area contributed by atoms with Crippen LogP contribution in [0.25, 0.3) is 11.0 Å². The molecule has 25 heavy (non-hydrogen) atoms. The zero-order chi connectivity index (χ0) is 17.1. The molecule has 1 aliphatic rings. The van der Waals surface area contributed by atoms with Gasteiger partial charge >= 0.3 is 0 Å². The standard InChI is InChI=1S/C17H17N5OS2/c24-17(19-13-3-6-15-16(11-13)21-25-20-15)18-12-1-4-14(5-2-12)22-7-9-23-10-8-22/h1-6,11H,7-10H2,(H2,18,19,24). The maximum Gasteiger partial charge on any atom is 0.175 e. The second-order valence-electron chi connectivity index (χ2n) is 5.69. The molecule has 1 aromatic heterocycles. The monoisotopic (exact) mass is 371 g/mol. The molecule has 8 heteroatoms. The Morgan fingerprint density at radius 2 is 1.64 bits per heavy atom. The minimum atomic E-state index is 0.543. The lowest BCUT2D eigenvalue weighted by Gasteiger charge is -2.29. The first-order valence-corrected chi connectivity index (χ1v) is 9.15. The van der Waals surface area contributed by atoms with Crippen LogP contribution in [0, 0.1) is 0 Å². The third-order valence-corrected chi connectivity index (χ3v) is 4.77. The highest BCUT2D eigenvalue weighted by Gasteiger charge is 2.11. The lowest BCUT2D eigenvalue weighted by Crippen LogP contribution is -2.36. The van der Waals surface area contributed by atoms with Gasteiger partial charge in [-0.25, -0.2) is 0 Å². The van der Waals surface area contributed by atoms with E-state index in [2.05, 4.69) is 36.4 Å². The highest BCUT2D eigenvalue weighted by atomic mass is 32.1. The Kier molecular flexibility index (Phi) is 4.73. The summed E-state index contributed by atoms with van der Waals surface area (Å²) in [6.45, 7) is 3.43. The fourth-order valence-corrected chi connectivity index (χ4v) is 3.48. The predicted octanol–water partition coefficient (Wildman–Crippen LogP) is 3.34. The van der Waals surface area contributed by atoms with Crippen LogP contribution in [-0.4, -0.2) is 40.2 Å². The van der Waals surface area contributed by atoms with Crippen LogP contribution >= 0.6 is 23.9 Å². The molecule has 6 nitrogen and oxygen atoms in total. The van der Waals surface area contributed by atoms with Crippen LogP contribution in [0.15, 0.2) is 42.5 Å². The fraction of sp³-hybridized carbons (Fsp3) is 0.235. The molecular weight excluding hydrogens is 354 g/mol. The van der Waals surface area contributed by atoms with Crippen molar-refractivity contribution in [3.8, 4) is 0 Å². The summed E-state index contributed by atoms with van der Waals surface area (Å²) in [5.41, 5.74) is 4.81. The highest BCUT2D eigenvalue weighted by Crippen LogP contribution is 2.20. The summed E-state index contributed by atoms with van der Waals surface area (Å²) < 4.78 is 13.8. The number of morpholine rings is 1. The van der Waals surface area contributed by atoms with E-state index in [0.717, 1.165) is 48.7 Å². The second-order valence-corrected chi connectivity index (χ2v) is 6.63. The Morgan fingerprint density at radius 1 is 0.960 bits per heavy atom. The van der Waals surface area contributed by atoms with E-state index >= 15 is 0 Å². The molecule has 1 fully saturated rings. The first-order valence-electron chi connectivity index (χ1n) is 8.01. The summed E-state index contributed by atoms with van der Waals surface area (Å²) in [4.78, 5) is 2.32. The number of fused-ring (bicyclic) bond motifs is 1. The number of hydrogen-bond donors (Lipinski definition) is 2. The SMILES string of the molecule is S=C(Nc1ccc(N2CCOCC2)cc1)Nc1ccc2nsnc2c1. The molecule has 0 saturated carbocycles. The molecule has 4 rings (SSSR count). The fourth-order valence-electron chi connectivity index (χ4n) is 2.73. The number of thiocarbonyl (C=S) groups is 1. The Bertz CT molecular complexity index is 874. The van der Waals surface area contributed by atoms with E-state index in [0.29, 0.717) is 5.11 Å². The van der Waals surface area contributed by atoms with Crippen LogP contribution in [0.2, 0.25) is 0 Å². The van der Waals surface area contributed by atoms with Crippen LogP contribution in [-0.2, 0) is 4.74 Å². The van der Waals surface area contributed by atoms with Crippen LogP contribution in [0.1, 0.15) is 0 Å². The molecule has 128 valence electrons. The van der Waals surface area contributed by atoms with Crippen molar-refractivity contribution in [1.82, 2.24) is 8.75 Å². The summed E-state index contributed by atoms with van der Waals surface area (Å²) in [6.07, 6.45) is 0. The first-order chi connectivity index (χ1) is 12.3. The summed E-state index contributed by atoms with van der Waals surface area (Å²) in [7, 11) is 0. The minimum absolute atomic E-state index is 0.543. The van der Waals surface area contributed by atoms with Crippen molar-refractivity contribution < 1.29 is 4.74 Å². The summed E-state index contributed by atoms with van der Waals surface area (Å²) in [5.74, 6) is 0. The third-order valence-electron chi connectivity index (χ3n) is 4.01.